The van der Waals surface area contributed by atoms with Crippen molar-refractivity contribution in [3.63, 3.8) is 0 Å². The molecule has 2 fully saturated rings. The highest BCUT2D eigenvalue weighted by molar-refractivity contribution is 6.40. The van der Waals surface area contributed by atoms with Crippen molar-refractivity contribution in [3.8, 4) is 0 Å². The number of carbonyl (C=O) groups excluding carboxylic acids is 3. The van der Waals surface area contributed by atoms with E-state index in [0.717, 1.165) is 35.5 Å². The van der Waals surface area contributed by atoms with Crippen LogP contribution in [0.25, 0.3) is 0 Å². The maximum atomic E-state index is 13.1. The average Bonchev–Trinajstić information content (AvgIpc) is 3.37. The van der Waals surface area contributed by atoms with Gasteiger partial charge in [0.2, 0.25) is 0 Å². The number of amides is 4. The van der Waals surface area contributed by atoms with Gasteiger partial charge in [0.05, 0.1) is 11.7 Å². The third kappa shape index (κ3) is 3.51. The molecular formula is C24H25N5O3. The molecule has 2 aromatic carbocycles. The van der Waals surface area contributed by atoms with Crippen LogP contribution in [-0.2, 0) is 9.59 Å². The Kier molecular flexibility index (Phi) is 5.13. The summed E-state index contributed by atoms with van der Waals surface area (Å²) < 4.78 is 0. The highest BCUT2D eigenvalue weighted by atomic mass is 16.2. The number of rotatable bonds is 4. The number of hydrogen-bond acceptors (Lipinski definition) is 5. The van der Waals surface area contributed by atoms with E-state index in [1.165, 1.54) is 0 Å². The smallest absolute Gasteiger partial charge is 0.322 e. The summed E-state index contributed by atoms with van der Waals surface area (Å²) in [5.41, 5.74) is 3.78. The first-order valence-corrected chi connectivity index (χ1v) is 11.0. The van der Waals surface area contributed by atoms with Gasteiger partial charge in [-0.15, -0.1) is 0 Å². The number of hydrogen-bond donors (Lipinski definition) is 2. The molecule has 0 bridgehead atoms. The lowest BCUT2D eigenvalue weighted by molar-refractivity contribution is -0.138. The van der Waals surface area contributed by atoms with E-state index in [1.54, 1.807) is 0 Å². The number of nitrogens with zero attached hydrogens (tertiary/aromatic N) is 3. The fourth-order valence-electron chi connectivity index (χ4n) is 4.78. The molecule has 1 spiro atoms. The number of imide groups is 1. The molecular weight excluding hydrogens is 406 g/mol. The first kappa shape index (κ1) is 20.2. The quantitative estimate of drug-likeness (QED) is 0.727. The van der Waals surface area contributed by atoms with Crippen molar-refractivity contribution in [1.82, 2.24) is 15.8 Å². The van der Waals surface area contributed by atoms with Crippen molar-refractivity contribution in [2.24, 2.45) is 5.10 Å². The molecule has 164 valence electrons. The van der Waals surface area contributed by atoms with Crippen LogP contribution in [0.3, 0.4) is 0 Å². The number of hydrazone groups is 1. The van der Waals surface area contributed by atoms with E-state index in [1.807, 2.05) is 65.7 Å². The first-order chi connectivity index (χ1) is 15.6. The van der Waals surface area contributed by atoms with Crippen molar-refractivity contribution < 1.29 is 14.4 Å². The summed E-state index contributed by atoms with van der Waals surface area (Å²) in [6, 6.07) is 18.7. The van der Waals surface area contributed by atoms with Gasteiger partial charge in [0.1, 0.15) is 11.3 Å². The summed E-state index contributed by atoms with van der Waals surface area (Å²) in [6.45, 7) is 0. The predicted octanol–water partition coefficient (Wildman–Crippen LogP) is 3.28. The highest BCUT2D eigenvalue weighted by Gasteiger charge is 2.52. The van der Waals surface area contributed by atoms with Crippen LogP contribution in [-0.4, -0.2) is 34.1 Å². The minimum absolute atomic E-state index is 0.160. The lowest BCUT2D eigenvalue weighted by atomic mass is 9.82. The van der Waals surface area contributed by atoms with Gasteiger partial charge in [0.25, 0.3) is 11.8 Å². The Hall–Kier alpha value is -3.68. The third-order valence-corrected chi connectivity index (χ3v) is 6.46. The van der Waals surface area contributed by atoms with Crippen LogP contribution in [0.2, 0.25) is 0 Å². The zero-order chi connectivity index (χ0) is 22.1. The van der Waals surface area contributed by atoms with Crippen LogP contribution in [0, 0.1) is 0 Å². The third-order valence-electron chi connectivity index (χ3n) is 6.46. The summed E-state index contributed by atoms with van der Waals surface area (Å²) in [7, 11) is 0. The number of hydrazine groups is 1. The molecule has 32 heavy (non-hydrogen) atoms. The molecule has 2 aliphatic heterocycles. The van der Waals surface area contributed by atoms with Crippen molar-refractivity contribution in [3.05, 3.63) is 66.2 Å². The fraction of sp³-hybridized carbons (Fsp3) is 0.333. The Balaban J connectivity index is 1.37. The Labute approximate surface area is 186 Å². The minimum atomic E-state index is -0.886. The van der Waals surface area contributed by atoms with Crippen molar-refractivity contribution in [1.29, 1.82) is 0 Å². The highest BCUT2D eigenvalue weighted by Crippen LogP contribution is 2.36. The van der Waals surface area contributed by atoms with Crippen LogP contribution >= 0.6 is 0 Å². The molecule has 1 atom stereocenters. The molecule has 0 radical (unpaired) electrons. The lowest BCUT2D eigenvalue weighted by Gasteiger charge is -2.30. The number of carbonyl (C=O) groups is 3. The standard InChI is InChI=1S/C24H25N5O3/c30-21(27-29-22(31)24(25-23(29)32)14-8-3-9-15-24)19-16-20(17-10-4-1-5-11-17)28(26-19)18-12-6-2-7-13-18/h1-2,4-7,10-13,20H,3,8-9,14-16H2,(H,25,32)(H,27,30)/t20-/m0/s1. The van der Waals surface area contributed by atoms with Gasteiger partial charge in [-0.2, -0.15) is 10.1 Å². The molecule has 1 saturated carbocycles. The van der Waals surface area contributed by atoms with Gasteiger partial charge in [0.15, 0.2) is 0 Å². The summed E-state index contributed by atoms with van der Waals surface area (Å²) in [5, 5.41) is 10.0. The van der Waals surface area contributed by atoms with Crippen molar-refractivity contribution in [2.75, 3.05) is 5.01 Å². The fourth-order valence-corrected chi connectivity index (χ4v) is 4.78. The first-order valence-electron chi connectivity index (χ1n) is 11.0. The Morgan fingerprint density at radius 2 is 1.62 bits per heavy atom. The molecule has 8 heteroatoms. The van der Waals surface area contributed by atoms with Crippen molar-refractivity contribution >= 4 is 29.2 Å². The van der Waals surface area contributed by atoms with Gasteiger partial charge < -0.3 is 5.32 Å². The van der Waals surface area contributed by atoms with E-state index >= 15 is 0 Å². The Morgan fingerprint density at radius 1 is 0.969 bits per heavy atom. The van der Waals surface area contributed by atoms with Crippen LogP contribution in [0.5, 0.6) is 0 Å². The zero-order valence-corrected chi connectivity index (χ0v) is 17.7. The summed E-state index contributed by atoms with van der Waals surface area (Å²) in [6.07, 6.45) is 4.37. The second-order valence-corrected chi connectivity index (χ2v) is 8.51. The van der Waals surface area contributed by atoms with E-state index < -0.39 is 17.5 Å². The number of nitrogens with one attached hydrogen (secondary N) is 2. The molecule has 1 saturated heterocycles. The summed E-state index contributed by atoms with van der Waals surface area (Å²) in [5.74, 6) is -0.922. The molecule has 3 aliphatic rings. The SMILES string of the molecule is O=C(NN1C(=O)NC2(CCCCC2)C1=O)C1=NN(c2ccccc2)[C@H](c2ccccc2)C1. The van der Waals surface area contributed by atoms with Gasteiger partial charge in [-0.3, -0.25) is 20.0 Å². The van der Waals surface area contributed by atoms with E-state index in [4.69, 9.17) is 0 Å². The van der Waals surface area contributed by atoms with Crippen molar-refractivity contribution in [2.45, 2.75) is 50.1 Å². The second-order valence-electron chi connectivity index (χ2n) is 8.51. The number of benzene rings is 2. The van der Waals surface area contributed by atoms with E-state index in [-0.39, 0.29) is 17.7 Å². The Bertz CT molecular complexity index is 1060. The van der Waals surface area contributed by atoms with Gasteiger partial charge in [0, 0.05) is 6.42 Å². The normalized spacial score (nSPS) is 22.1. The molecule has 4 amide bonds. The maximum Gasteiger partial charge on any atom is 0.344 e. The maximum absolute atomic E-state index is 13.1. The summed E-state index contributed by atoms with van der Waals surface area (Å²) >= 11 is 0. The minimum Gasteiger partial charge on any atom is -0.322 e. The van der Waals surface area contributed by atoms with E-state index in [2.05, 4.69) is 15.8 Å². The van der Waals surface area contributed by atoms with Crippen LogP contribution in [0.4, 0.5) is 10.5 Å². The molecule has 2 aromatic rings. The zero-order valence-electron chi connectivity index (χ0n) is 17.7. The average molecular weight is 431 g/mol. The summed E-state index contributed by atoms with van der Waals surface area (Å²) in [4.78, 5) is 38.6. The number of anilines is 1. The van der Waals surface area contributed by atoms with E-state index in [9.17, 15) is 14.4 Å². The van der Waals surface area contributed by atoms with Gasteiger partial charge >= 0.3 is 6.03 Å². The predicted molar refractivity (Wildman–Crippen MR) is 119 cm³/mol. The molecule has 5 rings (SSSR count). The topological polar surface area (TPSA) is 94.1 Å². The molecule has 0 unspecified atom stereocenters. The molecule has 0 aromatic heterocycles. The van der Waals surface area contributed by atoms with Crippen LogP contribution in [0.15, 0.2) is 65.8 Å². The number of urea groups is 1. The molecule has 1 aliphatic carbocycles. The van der Waals surface area contributed by atoms with Gasteiger partial charge in [-0.1, -0.05) is 67.8 Å². The van der Waals surface area contributed by atoms with E-state index in [0.29, 0.717) is 19.3 Å². The lowest BCUT2D eigenvalue weighted by Crippen LogP contribution is -2.52. The second kappa shape index (κ2) is 8.11. The number of para-hydroxylation sites is 1. The molecule has 2 heterocycles. The molecule has 8 nitrogen and oxygen atoms in total. The van der Waals surface area contributed by atoms with Crippen LogP contribution in [0.1, 0.15) is 50.1 Å². The Morgan fingerprint density at radius 3 is 2.31 bits per heavy atom. The van der Waals surface area contributed by atoms with Gasteiger partial charge in [-0.25, -0.2) is 4.79 Å². The monoisotopic (exact) mass is 431 g/mol. The largest absolute Gasteiger partial charge is 0.344 e. The molecule has 2 N–H and O–H groups in total. The van der Waals surface area contributed by atoms with Crippen LogP contribution < -0.4 is 15.8 Å². The van der Waals surface area contributed by atoms with Gasteiger partial charge in [-0.05, 0) is 30.5 Å².